The monoisotopic (exact) mass is 562 g/mol. The molecule has 0 unspecified atom stereocenters. The molecule has 2 heterocycles. The molecule has 5 rings (SSSR count). The fourth-order valence-electron chi connectivity index (χ4n) is 5.95. The SMILES string of the molecule is CC(C)(C)c1ccc(CO)c(C23c4cc(C(C)(C)C)ccc4COP2(=S)OCc2ccc(C(C)(C)C)cc23)c1. The van der Waals surface area contributed by atoms with E-state index in [1.807, 2.05) is 0 Å². The van der Waals surface area contributed by atoms with Crippen LogP contribution in [0.25, 0.3) is 0 Å². The number of benzene rings is 3. The highest BCUT2D eigenvalue weighted by molar-refractivity contribution is 8.10. The van der Waals surface area contributed by atoms with Crippen LogP contribution in [-0.2, 0) is 62.1 Å². The highest BCUT2D eigenvalue weighted by Gasteiger charge is 2.58. The summed E-state index contributed by atoms with van der Waals surface area (Å²) in [6.45, 7) is 18.0. The van der Waals surface area contributed by atoms with Crippen LogP contribution in [-0.4, -0.2) is 5.11 Å². The fourth-order valence-corrected chi connectivity index (χ4v) is 9.74. The van der Waals surface area contributed by atoms with Crippen LogP contribution >= 0.6 is 6.49 Å². The Morgan fingerprint density at radius 3 is 1.44 bits per heavy atom. The van der Waals surface area contributed by atoms with Crippen LogP contribution < -0.4 is 0 Å². The second-order valence-corrected chi connectivity index (χ2v) is 17.9. The van der Waals surface area contributed by atoms with E-state index >= 15 is 0 Å². The van der Waals surface area contributed by atoms with Crippen LogP contribution in [0.15, 0.2) is 54.6 Å². The van der Waals surface area contributed by atoms with Crippen molar-refractivity contribution in [1.82, 2.24) is 0 Å². The molecule has 5 heteroatoms. The van der Waals surface area contributed by atoms with Gasteiger partial charge < -0.3 is 14.2 Å². The molecule has 0 spiro atoms. The molecule has 0 radical (unpaired) electrons. The standard InChI is InChI=1S/C34H43O3PS/c1-31(2,3)25-13-10-22(19-35)28(16-25)34-29-17-26(32(4,5)6)14-11-23(29)20-36-38(34,39)37-21-24-12-15-27(18-30(24)34)33(7,8)9/h10-18,35H,19-21H2,1-9H3. The molecule has 2 aliphatic heterocycles. The Balaban J connectivity index is 2.02. The van der Waals surface area contributed by atoms with E-state index in [2.05, 4.69) is 117 Å². The molecule has 39 heavy (non-hydrogen) atoms. The molecular weight excluding hydrogens is 519 g/mol. The third-order valence-electron chi connectivity index (χ3n) is 8.46. The number of aliphatic hydroxyl groups is 1. The van der Waals surface area contributed by atoms with Crippen LogP contribution in [0.1, 0.15) is 112 Å². The van der Waals surface area contributed by atoms with Gasteiger partial charge in [0.1, 0.15) is 5.16 Å². The van der Waals surface area contributed by atoms with Crippen molar-refractivity contribution < 1.29 is 14.2 Å². The van der Waals surface area contributed by atoms with Gasteiger partial charge in [-0.25, -0.2) is 0 Å². The van der Waals surface area contributed by atoms with E-state index in [1.54, 1.807) is 0 Å². The molecule has 0 saturated carbocycles. The zero-order valence-corrected chi connectivity index (χ0v) is 26.6. The van der Waals surface area contributed by atoms with E-state index < -0.39 is 11.6 Å². The van der Waals surface area contributed by atoms with Crippen molar-refractivity contribution in [3.8, 4) is 0 Å². The predicted octanol–water partition coefficient (Wildman–Crippen LogP) is 8.73. The van der Waals surface area contributed by atoms with E-state index in [9.17, 15) is 5.11 Å². The number of aliphatic hydroxyl groups excluding tert-OH is 1. The molecule has 0 atom stereocenters. The average molecular weight is 563 g/mol. The Hall–Kier alpha value is -1.81. The average Bonchev–Trinajstić information content (AvgIpc) is 2.85. The Morgan fingerprint density at radius 2 is 1.05 bits per heavy atom. The second kappa shape index (κ2) is 9.36. The minimum atomic E-state index is -2.97. The van der Waals surface area contributed by atoms with Crippen molar-refractivity contribution in [3.05, 3.63) is 105 Å². The van der Waals surface area contributed by atoms with Gasteiger partial charge >= 0.3 is 0 Å². The summed E-state index contributed by atoms with van der Waals surface area (Å²) in [7, 11) is 0. The molecule has 2 aliphatic rings. The third-order valence-corrected chi connectivity index (χ3v) is 12.4. The topological polar surface area (TPSA) is 38.7 Å². The van der Waals surface area contributed by atoms with Gasteiger partial charge in [0, 0.05) is 0 Å². The smallest absolute Gasteiger partial charge is 0.208 e. The molecule has 0 aliphatic carbocycles. The lowest BCUT2D eigenvalue weighted by Crippen LogP contribution is -2.40. The summed E-state index contributed by atoms with van der Waals surface area (Å²) in [6.07, 6.45) is 0. The Bertz CT molecular complexity index is 1410. The van der Waals surface area contributed by atoms with Crippen molar-refractivity contribution in [2.24, 2.45) is 0 Å². The number of hydrogen-bond acceptors (Lipinski definition) is 4. The molecule has 1 N–H and O–H groups in total. The van der Waals surface area contributed by atoms with Crippen molar-refractivity contribution in [3.63, 3.8) is 0 Å². The fraction of sp³-hybridized carbons (Fsp3) is 0.471. The first-order chi connectivity index (χ1) is 18.0. The Labute approximate surface area is 240 Å². The lowest BCUT2D eigenvalue weighted by Gasteiger charge is -2.52. The van der Waals surface area contributed by atoms with E-state index in [0.717, 1.165) is 33.4 Å². The van der Waals surface area contributed by atoms with Gasteiger partial charge in [0.15, 0.2) is 0 Å². The van der Waals surface area contributed by atoms with Gasteiger partial charge in [-0.1, -0.05) is 117 Å². The van der Waals surface area contributed by atoms with E-state index in [4.69, 9.17) is 20.9 Å². The van der Waals surface area contributed by atoms with Gasteiger partial charge in [-0.3, -0.25) is 0 Å². The summed E-state index contributed by atoms with van der Waals surface area (Å²) in [4.78, 5) is 0. The molecule has 3 nitrogen and oxygen atoms in total. The minimum absolute atomic E-state index is 0.0459. The first-order valence-electron chi connectivity index (χ1n) is 13.9. The van der Waals surface area contributed by atoms with Gasteiger partial charge in [0.05, 0.1) is 19.8 Å². The Kier molecular flexibility index (Phi) is 6.89. The van der Waals surface area contributed by atoms with E-state index in [-0.39, 0.29) is 22.9 Å². The summed E-state index contributed by atoms with van der Waals surface area (Å²) < 4.78 is 13.4. The normalized spacial score (nSPS) is 23.1. The maximum atomic E-state index is 10.8. The lowest BCUT2D eigenvalue weighted by molar-refractivity contribution is 0.200. The molecule has 3 aromatic rings. The van der Waals surface area contributed by atoms with Crippen molar-refractivity contribution in [1.29, 1.82) is 0 Å². The number of hydrogen-bond donors (Lipinski definition) is 1. The first-order valence-corrected chi connectivity index (χ1v) is 16.6. The zero-order valence-electron chi connectivity index (χ0n) is 24.9. The number of rotatable bonds is 2. The van der Waals surface area contributed by atoms with Gasteiger partial charge in [-0.15, -0.1) is 0 Å². The maximum Gasteiger partial charge on any atom is 0.208 e. The van der Waals surface area contributed by atoms with Crippen molar-refractivity contribution in [2.75, 3.05) is 0 Å². The molecular formula is C34H43O3PS. The van der Waals surface area contributed by atoms with Crippen LogP contribution in [0.5, 0.6) is 0 Å². The number of fused-ring (bicyclic) bond motifs is 5. The summed E-state index contributed by atoms with van der Waals surface area (Å²) in [5.41, 5.74) is 9.99. The van der Waals surface area contributed by atoms with Gasteiger partial charge in [-0.2, -0.15) is 0 Å². The van der Waals surface area contributed by atoms with Crippen LogP contribution in [0.2, 0.25) is 0 Å². The maximum absolute atomic E-state index is 10.8. The molecule has 3 aromatic carbocycles. The lowest BCUT2D eigenvalue weighted by atomic mass is 9.73. The molecule has 0 saturated heterocycles. The first kappa shape index (κ1) is 28.7. The summed E-state index contributed by atoms with van der Waals surface area (Å²) >= 11 is 6.58. The largest absolute Gasteiger partial charge is 0.392 e. The quantitative estimate of drug-likeness (QED) is 0.317. The minimum Gasteiger partial charge on any atom is -0.392 e. The zero-order chi connectivity index (χ0) is 28.6. The summed E-state index contributed by atoms with van der Waals surface area (Å²) in [5.74, 6) is 0. The van der Waals surface area contributed by atoms with E-state index in [1.165, 1.54) is 16.7 Å². The van der Waals surface area contributed by atoms with Crippen LogP contribution in [0.4, 0.5) is 0 Å². The van der Waals surface area contributed by atoms with E-state index in [0.29, 0.717) is 13.2 Å². The van der Waals surface area contributed by atoms with Gasteiger partial charge in [-0.05, 0) is 78.1 Å². The van der Waals surface area contributed by atoms with Gasteiger partial charge in [0.25, 0.3) is 0 Å². The third kappa shape index (κ3) is 4.57. The molecule has 0 fully saturated rings. The van der Waals surface area contributed by atoms with Gasteiger partial charge in [0.2, 0.25) is 6.49 Å². The second-order valence-electron chi connectivity index (χ2n) is 14.3. The molecule has 0 aromatic heterocycles. The van der Waals surface area contributed by atoms with Crippen molar-refractivity contribution >= 4 is 18.3 Å². The highest BCUT2D eigenvalue weighted by Crippen LogP contribution is 2.76. The Morgan fingerprint density at radius 1 is 0.667 bits per heavy atom. The summed E-state index contributed by atoms with van der Waals surface area (Å²) in [5, 5.41) is 9.93. The highest BCUT2D eigenvalue weighted by atomic mass is 32.5. The summed E-state index contributed by atoms with van der Waals surface area (Å²) in [6, 6.07) is 20.1. The molecule has 0 amide bonds. The van der Waals surface area contributed by atoms with Crippen LogP contribution in [0.3, 0.4) is 0 Å². The molecule has 208 valence electrons. The van der Waals surface area contributed by atoms with Crippen molar-refractivity contribution in [2.45, 2.75) is 104 Å². The van der Waals surface area contributed by atoms with Crippen LogP contribution in [0, 0.1) is 0 Å². The predicted molar refractivity (Wildman–Crippen MR) is 165 cm³/mol. The molecule has 0 bridgehead atoms.